The van der Waals surface area contributed by atoms with Gasteiger partial charge in [-0.15, -0.1) is 0 Å². The summed E-state index contributed by atoms with van der Waals surface area (Å²) in [7, 11) is 0. The number of rotatable bonds is 8. The first-order valence-electron chi connectivity index (χ1n) is 23.5. The molecule has 13 rings (SSSR count). The van der Waals surface area contributed by atoms with Gasteiger partial charge in [-0.3, -0.25) is 0 Å². The third-order valence-corrected chi connectivity index (χ3v) is 14.3. The summed E-state index contributed by atoms with van der Waals surface area (Å²) < 4.78 is 6.48. The fraction of sp³-hybridized carbons (Fsp3) is 0.0303. The molecule has 0 bridgehead atoms. The quantitative estimate of drug-likeness (QED) is 0.151. The van der Waals surface area contributed by atoms with E-state index in [2.05, 4.69) is 261 Å². The lowest BCUT2D eigenvalue weighted by Crippen LogP contribution is -2.22. The highest BCUT2D eigenvalue weighted by Crippen LogP contribution is 2.58. The molecule has 0 saturated heterocycles. The van der Waals surface area contributed by atoms with E-state index >= 15 is 0 Å². The number of benzene rings is 11. The van der Waals surface area contributed by atoms with Crippen LogP contribution in [-0.2, 0) is 5.41 Å². The van der Waals surface area contributed by atoms with E-state index in [0.29, 0.717) is 0 Å². The van der Waals surface area contributed by atoms with Crippen molar-refractivity contribution in [2.45, 2.75) is 12.3 Å². The molecule has 0 fully saturated rings. The van der Waals surface area contributed by atoms with Crippen LogP contribution in [0.15, 0.2) is 255 Å². The summed E-state index contributed by atoms with van der Waals surface area (Å²) in [6.07, 6.45) is 0. The topological polar surface area (TPSA) is 12.5 Å². The Balaban J connectivity index is 1.02. The molecule has 0 saturated carbocycles. The Bertz CT molecular complexity index is 3710. The van der Waals surface area contributed by atoms with E-state index < -0.39 is 0 Å². The molecule has 0 amide bonds. The van der Waals surface area contributed by atoms with Crippen molar-refractivity contribution >= 4 is 27.8 Å². The molecule has 2 aliphatic rings. The first kappa shape index (κ1) is 39.6. The largest absolute Gasteiger partial charge is 0.456 e. The summed E-state index contributed by atoms with van der Waals surface area (Å²) >= 11 is 0. The Morgan fingerprint density at radius 3 is 1.69 bits per heavy atom. The van der Waals surface area contributed by atoms with E-state index in [1.165, 1.54) is 61.2 Å². The molecule has 2 heteroatoms. The molecule has 0 radical (unpaired) electrons. The smallest absolute Gasteiger partial charge is 0.135 e. The van der Waals surface area contributed by atoms with Crippen LogP contribution in [0.4, 0.5) is 17.1 Å². The van der Waals surface area contributed by atoms with Gasteiger partial charge in [-0.25, -0.2) is 0 Å². The van der Waals surface area contributed by atoms with E-state index in [9.17, 15) is 0 Å². The van der Waals surface area contributed by atoms with E-state index in [-0.39, 0.29) is 5.41 Å². The predicted octanol–water partition coefficient (Wildman–Crippen LogP) is 18.1. The van der Waals surface area contributed by atoms with Crippen molar-refractivity contribution < 1.29 is 4.74 Å². The zero-order chi connectivity index (χ0) is 45.2. The lowest BCUT2D eigenvalue weighted by atomic mass is 9.74. The maximum atomic E-state index is 6.48. The van der Waals surface area contributed by atoms with Gasteiger partial charge >= 0.3 is 0 Å². The summed E-state index contributed by atoms with van der Waals surface area (Å²) in [5.74, 6) is 1.77. The number of hydrogen-bond donors (Lipinski definition) is 0. The van der Waals surface area contributed by atoms with Crippen LogP contribution >= 0.6 is 0 Å². The lowest BCUT2D eigenvalue weighted by Gasteiger charge is -2.32. The Kier molecular flexibility index (Phi) is 9.33. The molecule has 11 aromatic carbocycles. The summed E-state index contributed by atoms with van der Waals surface area (Å²) in [6.45, 7) is 2.40. The second-order valence-electron chi connectivity index (χ2n) is 18.1. The molecule has 320 valence electrons. The molecule has 0 N–H and O–H groups in total. The molecule has 0 aromatic heterocycles. The molecule has 68 heavy (non-hydrogen) atoms. The average Bonchev–Trinajstić information content (AvgIpc) is 3.68. The van der Waals surface area contributed by atoms with Crippen LogP contribution in [0, 0.1) is 0 Å². The van der Waals surface area contributed by atoms with Crippen LogP contribution in [0.25, 0.3) is 77.5 Å². The van der Waals surface area contributed by atoms with Gasteiger partial charge in [0.25, 0.3) is 0 Å². The summed E-state index contributed by atoms with van der Waals surface area (Å²) in [4.78, 5) is 2.50. The molecule has 0 spiro atoms. The maximum absolute atomic E-state index is 6.48. The molecule has 1 aliphatic carbocycles. The predicted molar refractivity (Wildman–Crippen MR) is 283 cm³/mol. The van der Waals surface area contributed by atoms with Crippen LogP contribution < -0.4 is 9.64 Å². The van der Waals surface area contributed by atoms with Crippen LogP contribution in [0.1, 0.15) is 23.6 Å². The minimum atomic E-state index is -0.352. The highest BCUT2D eigenvalue weighted by molar-refractivity contribution is 6.08. The van der Waals surface area contributed by atoms with E-state index in [0.717, 1.165) is 61.6 Å². The lowest BCUT2D eigenvalue weighted by molar-refractivity contribution is 0.487. The number of fused-ring (bicyclic) bond motifs is 5. The molecule has 1 aliphatic heterocycles. The Hall–Kier alpha value is -8.72. The van der Waals surface area contributed by atoms with Gasteiger partial charge in [0.05, 0.1) is 11.4 Å². The third kappa shape index (κ3) is 6.33. The molecule has 2 nitrogen and oxygen atoms in total. The summed E-state index contributed by atoms with van der Waals surface area (Å²) in [5.41, 5.74) is 21.1. The Morgan fingerprint density at radius 1 is 0.338 bits per heavy atom. The Labute approximate surface area is 397 Å². The van der Waals surface area contributed by atoms with Crippen molar-refractivity contribution in [3.05, 3.63) is 271 Å². The molecule has 1 atom stereocenters. The van der Waals surface area contributed by atoms with Crippen molar-refractivity contribution in [1.29, 1.82) is 0 Å². The standard InChI is InChI=1S/C66H45NO/c1-66(50-24-9-4-10-25-50)58-29-14-11-28-55(58)65-59(66)30-18-32-61(65)67(51-38-35-44(36-39-51)47-37-40-52(45-19-5-2-6-20-45)56(42-47)46-21-7-3-8-22-46)60-31-15-12-26-53(60)49-41-48-23-17-34-63-64(48)57(43-49)54-27-13-16-33-62(54)68-63/h2-43H,1H3. The minimum Gasteiger partial charge on any atom is -0.456 e. The molecule has 11 aromatic rings. The van der Waals surface area contributed by atoms with Gasteiger partial charge in [-0.2, -0.15) is 0 Å². The van der Waals surface area contributed by atoms with Crippen LogP contribution in [0.5, 0.6) is 11.5 Å². The normalized spacial score (nSPS) is 14.1. The third-order valence-electron chi connectivity index (χ3n) is 14.3. The van der Waals surface area contributed by atoms with Crippen molar-refractivity contribution in [2.24, 2.45) is 0 Å². The fourth-order valence-corrected chi connectivity index (χ4v) is 11.1. The van der Waals surface area contributed by atoms with E-state index in [1.54, 1.807) is 0 Å². The van der Waals surface area contributed by atoms with Gasteiger partial charge in [0.1, 0.15) is 11.5 Å². The van der Waals surface area contributed by atoms with Crippen LogP contribution in [-0.4, -0.2) is 0 Å². The monoisotopic (exact) mass is 867 g/mol. The van der Waals surface area contributed by atoms with Crippen molar-refractivity contribution in [2.75, 3.05) is 4.90 Å². The van der Waals surface area contributed by atoms with Crippen molar-refractivity contribution in [3.63, 3.8) is 0 Å². The first-order valence-corrected chi connectivity index (χ1v) is 23.5. The SMILES string of the molecule is CC1(c2ccccc2)c2ccccc2-c2c(N(c3ccc(-c4ccc(-c5ccccc5)c(-c5ccccc5)c4)cc3)c3ccccc3-c3cc4c5c(cccc5c3)Oc3ccccc3-4)cccc21. The summed E-state index contributed by atoms with van der Waals surface area (Å²) in [5, 5.41) is 2.29. The zero-order valence-corrected chi connectivity index (χ0v) is 37.6. The second-order valence-corrected chi connectivity index (χ2v) is 18.1. The second kappa shape index (κ2) is 16.0. The number of para-hydroxylation sites is 2. The maximum Gasteiger partial charge on any atom is 0.135 e. The van der Waals surface area contributed by atoms with E-state index in [4.69, 9.17) is 4.74 Å². The van der Waals surface area contributed by atoms with Crippen LogP contribution in [0.3, 0.4) is 0 Å². The molecule has 1 heterocycles. The van der Waals surface area contributed by atoms with Crippen molar-refractivity contribution in [1.82, 2.24) is 0 Å². The fourth-order valence-electron chi connectivity index (χ4n) is 11.1. The molecular formula is C66H45NO. The zero-order valence-electron chi connectivity index (χ0n) is 37.6. The van der Waals surface area contributed by atoms with Gasteiger partial charge < -0.3 is 9.64 Å². The van der Waals surface area contributed by atoms with Crippen molar-refractivity contribution in [3.8, 4) is 78.3 Å². The summed E-state index contributed by atoms with van der Waals surface area (Å²) in [6, 6.07) is 92.9. The Morgan fingerprint density at radius 2 is 0.912 bits per heavy atom. The van der Waals surface area contributed by atoms with Gasteiger partial charge in [0.15, 0.2) is 0 Å². The highest BCUT2D eigenvalue weighted by atomic mass is 16.5. The van der Waals surface area contributed by atoms with Gasteiger partial charge in [0, 0.05) is 33.2 Å². The minimum absolute atomic E-state index is 0.352. The number of hydrogen-bond acceptors (Lipinski definition) is 2. The number of nitrogens with zero attached hydrogens (tertiary/aromatic N) is 1. The first-order chi connectivity index (χ1) is 33.6. The van der Waals surface area contributed by atoms with Crippen LogP contribution in [0.2, 0.25) is 0 Å². The highest BCUT2D eigenvalue weighted by Gasteiger charge is 2.42. The van der Waals surface area contributed by atoms with Gasteiger partial charge in [0.2, 0.25) is 0 Å². The van der Waals surface area contributed by atoms with Gasteiger partial charge in [-0.05, 0) is 134 Å². The molecular weight excluding hydrogens is 823 g/mol. The average molecular weight is 868 g/mol. The molecule has 1 unspecified atom stereocenters. The number of ether oxygens (including phenoxy) is 1. The number of anilines is 3. The van der Waals surface area contributed by atoms with E-state index in [1.807, 2.05) is 6.07 Å². The van der Waals surface area contributed by atoms with Gasteiger partial charge in [-0.1, -0.05) is 200 Å².